The third kappa shape index (κ3) is 2.49. The molecule has 0 aliphatic rings. The molecule has 90 valence electrons. The topological polar surface area (TPSA) is 94.0 Å². The molecule has 0 fully saturated rings. The third-order valence-corrected chi connectivity index (χ3v) is 2.27. The first-order valence-corrected chi connectivity index (χ1v) is 5.15. The van der Waals surface area contributed by atoms with Crippen LogP contribution < -0.4 is 10.6 Å². The first-order valence-electron chi connectivity index (χ1n) is 5.15. The van der Waals surface area contributed by atoms with Crippen LogP contribution >= 0.6 is 0 Å². The fraction of sp³-hybridized carbons (Fsp3) is 0.400. The Balaban J connectivity index is 2.19. The average Bonchev–Trinajstić information content (AvgIpc) is 2.67. The molecule has 2 heterocycles. The Morgan fingerprint density at radius 3 is 2.76 bits per heavy atom. The van der Waals surface area contributed by atoms with E-state index in [1.807, 2.05) is 18.9 Å². The van der Waals surface area contributed by atoms with E-state index in [2.05, 4.69) is 20.2 Å². The van der Waals surface area contributed by atoms with Crippen molar-refractivity contribution < 1.29 is 4.42 Å². The van der Waals surface area contributed by atoms with Crippen molar-refractivity contribution in [3.63, 3.8) is 0 Å². The summed E-state index contributed by atoms with van der Waals surface area (Å²) in [6.07, 6.45) is 1.69. The minimum Gasteiger partial charge on any atom is -0.424 e. The van der Waals surface area contributed by atoms with E-state index in [1.54, 1.807) is 13.1 Å². The molecule has 7 heteroatoms. The Kier molecular flexibility index (Phi) is 2.90. The highest BCUT2D eigenvalue weighted by Crippen LogP contribution is 2.17. The fourth-order valence-corrected chi connectivity index (χ4v) is 1.51. The molecule has 2 rings (SSSR count). The van der Waals surface area contributed by atoms with Gasteiger partial charge in [0.1, 0.15) is 5.82 Å². The van der Waals surface area contributed by atoms with Gasteiger partial charge in [-0.3, -0.25) is 0 Å². The van der Waals surface area contributed by atoms with E-state index in [0.717, 1.165) is 11.4 Å². The van der Waals surface area contributed by atoms with Crippen molar-refractivity contribution in [2.24, 2.45) is 0 Å². The predicted octanol–water partition coefficient (Wildman–Crippen LogP) is 0.695. The quantitative estimate of drug-likeness (QED) is 0.835. The Labute approximate surface area is 98.7 Å². The zero-order chi connectivity index (χ0) is 12.4. The SMILES string of the molecule is Cc1nnc(CN(C)c2nc(N)ncc2C)o1. The second kappa shape index (κ2) is 4.36. The largest absolute Gasteiger partial charge is 0.424 e. The van der Waals surface area contributed by atoms with E-state index in [4.69, 9.17) is 10.2 Å². The number of hydrogen-bond acceptors (Lipinski definition) is 7. The summed E-state index contributed by atoms with van der Waals surface area (Å²) in [6.45, 7) is 4.16. The first kappa shape index (κ1) is 11.3. The van der Waals surface area contributed by atoms with Crippen LogP contribution in [0.3, 0.4) is 0 Å². The zero-order valence-electron chi connectivity index (χ0n) is 10.0. The van der Waals surface area contributed by atoms with Crippen LogP contribution in [0, 0.1) is 13.8 Å². The van der Waals surface area contributed by atoms with Crippen molar-refractivity contribution in [2.75, 3.05) is 17.7 Å². The molecule has 0 spiro atoms. The first-order chi connectivity index (χ1) is 8.06. The molecule has 2 N–H and O–H groups in total. The van der Waals surface area contributed by atoms with Crippen molar-refractivity contribution in [3.8, 4) is 0 Å². The van der Waals surface area contributed by atoms with Crippen LogP contribution in [0.2, 0.25) is 0 Å². The van der Waals surface area contributed by atoms with Crippen LogP contribution in [-0.2, 0) is 6.54 Å². The van der Waals surface area contributed by atoms with Crippen LogP contribution in [0.25, 0.3) is 0 Å². The van der Waals surface area contributed by atoms with Gasteiger partial charge in [-0.15, -0.1) is 10.2 Å². The van der Waals surface area contributed by atoms with E-state index >= 15 is 0 Å². The number of nitrogens with zero attached hydrogens (tertiary/aromatic N) is 5. The normalized spacial score (nSPS) is 10.5. The van der Waals surface area contributed by atoms with Gasteiger partial charge in [-0.05, 0) is 6.92 Å². The third-order valence-electron chi connectivity index (χ3n) is 2.27. The summed E-state index contributed by atoms with van der Waals surface area (Å²) in [5.41, 5.74) is 6.51. The number of aryl methyl sites for hydroxylation is 2. The Morgan fingerprint density at radius 1 is 1.35 bits per heavy atom. The maximum Gasteiger partial charge on any atom is 0.235 e. The monoisotopic (exact) mass is 234 g/mol. The fourth-order valence-electron chi connectivity index (χ4n) is 1.51. The van der Waals surface area contributed by atoms with Crippen molar-refractivity contribution in [1.82, 2.24) is 20.2 Å². The number of rotatable bonds is 3. The molecule has 2 aromatic rings. The van der Waals surface area contributed by atoms with E-state index in [0.29, 0.717) is 18.3 Å². The maximum absolute atomic E-state index is 5.56. The molecule has 0 amide bonds. The smallest absolute Gasteiger partial charge is 0.235 e. The predicted molar refractivity (Wildman–Crippen MR) is 62.3 cm³/mol. The maximum atomic E-state index is 5.56. The molecule has 0 saturated heterocycles. The molecule has 0 aliphatic carbocycles. The Morgan fingerprint density at radius 2 is 2.12 bits per heavy atom. The molecule has 0 radical (unpaired) electrons. The van der Waals surface area contributed by atoms with Gasteiger partial charge in [-0.1, -0.05) is 0 Å². The molecular weight excluding hydrogens is 220 g/mol. The summed E-state index contributed by atoms with van der Waals surface area (Å²) in [4.78, 5) is 9.99. The molecule has 7 nitrogen and oxygen atoms in total. The summed E-state index contributed by atoms with van der Waals surface area (Å²) in [5, 5.41) is 7.70. The van der Waals surface area contributed by atoms with Crippen LogP contribution in [0.15, 0.2) is 10.6 Å². The number of nitrogen functional groups attached to an aromatic ring is 1. The molecule has 0 aliphatic heterocycles. The molecule has 0 unspecified atom stereocenters. The van der Waals surface area contributed by atoms with Gasteiger partial charge in [-0.2, -0.15) is 4.98 Å². The second-order valence-electron chi connectivity index (χ2n) is 3.81. The molecular formula is C10H14N6O. The summed E-state index contributed by atoms with van der Waals surface area (Å²) < 4.78 is 5.31. The van der Waals surface area contributed by atoms with Gasteiger partial charge < -0.3 is 15.1 Å². The standard InChI is InChI=1S/C10H14N6O/c1-6-4-12-10(11)13-9(6)16(3)5-8-15-14-7(2)17-8/h4H,5H2,1-3H3,(H2,11,12,13). The number of nitrogens with two attached hydrogens (primary N) is 1. The van der Waals surface area contributed by atoms with Crippen molar-refractivity contribution in [1.29, 1.82) is 0 Å². The molecule has 2 aromatic heterocycles. The highest BCUT2D eigenvalue weighted by atomic mass is 16.4. The van der Waals surface area contributed by atoms with Crippen LogP contribution in [0.5, 0.6) is 0 Å². The van der Waals surface area contributed by atoms with Gasteiger partial charge in [0.05, 0.1) is 6.54 Å². The second-order valence-corrected chi connectivity index (χ2v) is 3.81. The summed E-state index contributed by atoms with van der Waals surface area (Å²) in [7, 11) is 1.88. The lowest BCUT2D eigenvalue weighted by molar-refractivity contribution is 0.465. The van der Waals surface area contributed by atoms with Gasteiger partial charge in [0.15, 0.2) is 0 Å². The van der Waals surface area contributed by atoms with Crippen LogP contribution in [0.1, 0.15) is 17.3 Å². The Bertz CT molecular complexity index is 523. The van der Waals surface area contributed by atoms with Crippen molar-refractivity contribution in [2.45, 2.75) is 20.4 Å². The van der Waals surface area contributed by atoms with E-state index in [9.17, 15) is 0 Å². The lowest BCUT2D eigenvalue weighted by Crippen LogP contribution is -2.20. The minimum absolute atomic E-state index is 0.249. The molecule has 0 aromatic carbocycles. The van der Waals surface area contributed by atoms with Crippen molar-refractivity contribution >= 4 is 11.8 Å². The van der Waals surface area contributed by atoms with Crippen LogP contribution in [0.4, 0.5) is 11.8 Å². The summed E-state index contributed by atoms with van der Waals surface area (Å²) in [6, 6.07) is 0. The van der Waals surface area contributed by atoms with Crippen LogP contribution in [-0.4, -0.2) is 27.2 Å². The summed E-state index contributed by atoms with van der Waals surface area (Å²) in [5.74, 6) is 2.10. The molecule has 0 saturated carbocycles. The number of hydrogen-bond donors (Lipinski definition) is 1. The van der Waals surface area contributed by atoms with Gasteiger partial charge in [0, 0.05) is 25.7 Å². The van der Waals surface area contributed by atoms with E-state index in [1.165, 1.54) is 0 Å². The van der Waals surface area contributed by atoms with Gasteiger partial charge in [0.2, 0.25) is 17.7 Å². The average molecular weight is 234 g/mol. The number of aromatic nitrogens is 4. The zero-order valence-corrected chi connectivity index (χ0v) is 10.0. The highest BCUT2D eigenvalue weighted by Gasteiger charge is 2.11. The minimum atomic E-state index is 0.249. The summed E-state index contributed by atoms with van der Waals surface area (Å²) >= 11 is 0. The lowest BCUT2D eigenvalue weighted by Gasteiger charge is -2.17. The van der Waals surface area contributed by atoms with E-state index < -0.39 is 0 Å². The molecule has 0 atom stereocenters. The Hall–Kier alpha value is -2.18. The van der Waals surface area contributed by atoms with Crippen molar-refractivity contribution in [3.05, 3.63) is 23.5 Å². The number of anilines is 2. The molecule has 17 heavy (non-hydrogen) atoms. The van der Waals surface area contributed by atoms with E-state index in [-0.39, 0.29) is 5.95 Å². The lowest BCUT2D eigenvalue weighted by atomic mass is 10.3. The highest BCUT2D eigenvalue weighted by molar-refractivity contribution is 5.47. The van der Waals surface area contributed by atoms with Gasteiger partial charge in [0.25, 0.3) is 0 Å². The molecule has 0 bridgehead atoms. The van der Waals surface area contributed by atoms with Gasteiger partial charge in [-0.25, -0.2) is 4.98 Å². The van der Waals surface area contributed by atoms with Gasteiger partial charge >= 0.3 is 0 Å².